The Morgan fingerprint density at radius 1 is 0.536 bits per heavy atom. The van der Waals surface area contributed by atoms with Crippen molar-refractivity contribution < 1.29 is 49.3 Å². The Kier molecular flexibility index (Phi) is 44.5. The standard InChI is InChI=1S/C58H103NO10/c1-3-5-7-9-11-13-14-15-23-26-30-34-38-42-46-54(63)67-47-43-39-35-31-27-24-21-19-17-16-18-20-22-25-29-33-37-41-45-53(62)59-50(51(61)44-40-36-32-28-12-10-8-6-4-2)49-68-58-57(66)56(65)55(64)52(48-60)69-58/h9,11-12,14-15,18,20,28,40,44,50-52,55-58,60-61,64-66H,3-8,10,13,16-17,19,21-27,29-39,41-43,45-49H2,1-2H3,(H,59,62)/b11-9-,15-14-,20-18-,28-12+,44-40+. The molecule has 1 heterocycles. The summed E-state index contributed by atoms with van der Waals surface area (Å²) in [4.78, 5) is 25.0. The van der Waals surface area contributed by atoms with E-state index >= 15 is 0 Å². The summed E-state index contributed by atoms with van der Waals surface area (Å²) in [6.07, 6.45) is 50.3. The lowest BCUT2D eigenvalue weighted by atomic mass is 9.99. The normalized spacial score (nSPS) is 19.8. The van der Waals surface area contributed by atoms with Gasteiger partial charge >= 0.3 is 5.97 Å². The lowest BCUT2D eigenvalue weighted by Gasteiger charge is -2.40. The van der Waals surface area contributed by atoms with Gasteiger partial charge in [-0.05, 0) is 96.3 Å². The Labute approximate surface area is 420 Å². The largest absolute Gasteiger partial charge is 0.466 e. The number of aliphatic hydroxyl groups excluding tert-OH is 5. The topological polar surface area (TPSA) is 175 Å². The second kappa shape index (κ2) is 47.7. The molecule has 0 aromatic carbocycles. The molecule has 69 heavy (non-hydrogen) atoms. The molecule has 0 radical (unpaired) electrons. The highest BCUT2D eigenvalue weighted by molar-refractivity contribution is 5.76. The summed E-state index contributed by atoms with van der Waals surface area (Å²) in [5.74, 6) is -0.240. The van der Waals surface area contributed by atoms with Gasteiger partial charge in [0.2, 0.25) is 5.91 Å². The van der Waals surface area contributed by atoms with Crippen LogP contribution in [0.25, 0.3) is 0 Å². The SMILES string of the molecule is CCCC/C=C\C/C=C\CCCCCCCC(=O)OCCCCCCCCCCC/C=C\CCCCCCCC(=O)NC(COC1OC(CO)C(O)C(O)C1O)C(O)/C=C/CC/C=C/CCCCC. The molecular weight excluding hydrogens is 871 g/mol. The number of allylic oxidation sites excluding steroid dienone is 9. The van der Waals surface area contributed by atoms with Gasteiger partial charge in [0.15, 0.2) is 6.29 Å². The molecule has 1 saturated heterocycles. The van der Waals surface area contributed by atoms with E-state index in [9.17, 15) is 35.1 Å². The van der Waals surface area contributed by atoms with E-state index < -0.39 is 49.5 Å². The van der Waals surface area contributed by atoms with Crippen LogP contribution >= 0.6 is 0 Å². The summed E-state index contributed by atoms with van der Waals surface area (Å²) in [5.41, 5.74) is 0. The van der Waals surface area contributed by atoms with E-state index in [4.69, 9.17) is 14.2 Å². The van der Waals surface area contributed by atoms with Crippen LogP contribution in [0.4, 0.5) is 0 Å². The summed E-state index contributed by atoms with van der Waals surface area (Å²) >= 11 is 0. The molecule has 1 fully saturated rings. The molecule has 11 nitrogen and oxygen atoms in total. The molecule has 0 aromatic rings. The number of esters is 1. The fourth-order valence-electron chi connectivity index (χ4n) is 8.28. The summed E-state index contributed by atoms with van der Waals surface area (Å²) in [6, 6.07) is -0.837. The Balaban J connectivity index is 2.07. The van der Waals surface area contributed by atoms with Crippen LogP contribution in [0.1, 0.15) is 232 Å². The summed E-state index contributed by atoms with van der Waals surface area (Å²) in [5, 5.41) is 54.1. The predicted molar refractivity (Wildman–Crippen MR) is 283 cm³/mol. The first kappa shape index (κ1) is 64.4. The van der Waals surface area contributed by atoms with Gasteiger partial charge in [-0.3, -0.25) is 9.59 Å². The van der Waals surface area contributed by atoms with Crippen LogP contribution in [-0.2, 0) is 23.8 Å². The van der Waals surface area contributed by atoms with Crippen LogP contribution in [-0.4, -0.2) is 100 Å². The number of unbranched alkanes of at least 4 members (excludes halogenated alkanes) is 25. The van der Waals surface area contributed by atoms with Gasteiger partial charge in [-0.1, -0.05) is 184 Å². The minimum Gasteiger partial charge on any atom is -0.466 e. The Morgan fingerprint density at radius 2 is 1.00 bits per heavy atom. The minimum atomic E-state index is -1.58. The second-order valence-electron chi connectivity index (χ2n) is 19.3. The molecule has 0 spiro atoms. The third-order valence-corrected chi connectivity index (χ3v) is 12.8. The highest BCUT2D eigenvalue weighted by Crippen LogP contribution is 2.23. The number of rotatable bonds is 47. The molecule has 1 amide bonds. The fourth-order valence-corrected chi connectivity index (χ4v) is 8.28. The van der Waals surface area contributed by atoms with E-state index in [1.165, 1.54) is 103 Å². The van der Waals surface area contributed by atoms with Gasteiger partial charge in [0, 0.05) is 12.8 Å². The molecular formula is C58H103NO10. The number of nitrogens with one attached hydrogen (secondary N) is 1. The Bertz CT molecular complexity index is 1330. The third-order valence-electron chi connectivity index (χ3n) is 12.8. The first-order chi connectivity index (χ1) is 33.7. The van der Waals surface area contributed by atoms with Crippen LogP contribution in [0, 0.1) is 0 Å². The van der Waals surface area contributed by atoms with E-state index in [1.54, 1.807) is 6.08 Å². The van der Waals surface area contributed by atoms with Crippen molar-refractivity contribution in [2.24, 2.45) is 0 Å². The number of hydrogen-bond donors (Lipinski definition) is 6. The lowest BCUT2D eigenvalue weighted by molar-refractivity contribution is -0.302. The van der Waals surface area contributed by atoms with E-state index in [2.05, 4.69) is 67.8 Å². The van der Waals surface area contributed by atoms with E-state index in [0.29, 0.717) is 19.4 Å². The number of hydrogen-bond acceptors (Lipinski definition) is 10. The molecule has 0 bridgehead atoms. The lowest BCUT2D eigenvalue weighted by Crippen LogP contribution is -2.60. The number of aliphatic hydroxyl groups is 5. The Morgan fingerprint density at radius 3 is 1.57 bits per heavy atom. The zero-order chi connectivity index (χ0) is 50.3. The van der Waals surface area contributed by atoms with Crippen LogP contribution in [0.5, 0.6) is 0 Å². The van der Waals surface area contributed by atoms with Gasteiger partial charge in [-0.15, -0.1) is 0 Å². The fraction of sp³-hybridized carbons (Fsp3) is 0.793. The van der Waals surface area contributed by atoms with Crippen molar-refractivity contribution in [3.8, 4) is 0 Å². The van der Waals surface area contributed by atoms with Crippen molar-refractivity contribution in [1.82, 2.24) is 5.32 Å². The minimum absolute atomic E-state index is 0.0294. The number of amides is 1. The van der Waals surface area contributed by atoms with E-state index in [0.717, 1.165) is 103 Å². The highest BCUT2D eigenvalue weighted by atomic mass is 16.7. The summed E-state index contributed by atoms with van der Waals surface area (Å²) < 4.78 is 16.6. The monoisotopic (exact) mass is 974 g/mol. The van der Waals surface area contributed by atoms with Crippen LogP contribution in [0.15, 0.2) is 60.8 Å². The molecule has 0 saturated carbocycles. The van der Waals surface area contributed by atoms with Crippen molar-refractivity contribution in [3.63, 3.8) is 0 Å². The average Bonchev–Trinajstić information content (AvgIpc) is 3.34. The molecule has 400 valence electrons. The predicted octanol–water partition coefficient (Wildman–Crippen LogP) is 12.3. The van der Waals surface area contributed by atoms with Crippen LogP contribution in [0.2, 0.25) is 0 Å². The molecule has 1 aliphatic rings. The van der Waals surface area contributed by atoms with E-state index in [-0.39, 0.29) is 18.5 Å². The maximum atomic E-state index is 13.0. The van der Waals surface area contributed by atoms with Gasteiger partial charge in [0.25, 0.3) is 0 Å². The first-order valence-electron chi connectivity index (χ1n) is 28.1. The summed E-state index contributed by atoms with van der Waals surface area (Å²) in [6.45, 7) is 4.19. The maximum absolute atomic E-state index is 13.0. The number of carbonyl (C=O) groups excluding carboxylic acids is 2. The van der Waals surface area contributed by atoms with Crippen molar-refractivity contribution in [3.05, 3.63) is 60.8 Å². The average molecular weight is 974 g/mol. The molecule has 11 heteroatoms. The number of ether oxygens (including phenoxy) is 3. The van der Waals surface area contributed by atoms with Crippen molar-refractivity contribution >= 4 is 11.9 Å². The van der Waals surface area contributed by atoms with Crippen LogP contribution < -0.4 is 5.32 Å². The third kappa shape index (κ3) is 37.8. The first-order valence-corrected chi connectivity index (χ1v) is 28.1. The summed E-state index contributed by atoms with van der Waals surface area (Å²) in [7, 11) is 0. The van der Waals surface area contributed by atoms with Gasteiger partial charge in [0.05, 0.1) is 32.0 Å². The van der Waals surface area contributed by atoms with Gasteiger partial charge in [0.1, 0.15) is 24.4 Å². The molecule has 6 N–H and O–H groups in total. The zero-order valence-electron chi connectivity index (χ0n) is 43.8. The molecule has 1 rings (SSSR count). The van der Waals surface area contributed by atoms with Crippen molar-refractivity contribution in [2.45, 2.75) is 275 Å². The molecule has 1 aliphatic heterocycles. The van der Waals surface area contributed by atoms with Gasteiger partial charge in [-0.2, -0.15) is 0 Å². The number of carbonyl (C=O) groups is 2. The second-order valence-corrected chi connectivity index (χ2v) is 19.3. The van der Waals surface area contributed by atoms with Crippen molar-refractivity contribution in [1.29, 1.82) is 0 Å². The smallest absolute Gasteiger partial charge is 0.305 e. The van der Waals surface area contributed by atoms with Gasteiger partial charge < -0.3 is 45.1 Å². The van der Waals surface area contributed by atoms with Crippen molar-refractivity contribution in [2.75, 3.05) is 19.8 Å². The van der Waals surface area contributed by atoms with Gasteiger partial charge in [-0.25, -0.2) is 0 Å². The van der Waals surface area contributed by atoms with E-state index in [1.807, 2.05) is 6.08 Å². The molecule has 7 unspecified atom stereocenters. The molecule has 0 aliphatic carbocycles. The Hall–Kier alpha value is -2.64. The maximum Gasteiger partial charge on any atom is 0.305 e. The zero-order valence-corrected chi connectivity index (χ0v) is 43.8. The van der Waals surface area contributed by atoms with Crippen LogP contribution in [0.3, 0.4) is 0 Å². The molecule has 0 aromatic heterocycles. The quantitative estimate of drug-likeness (QED) is 0.0196. The molecule has 7 atom stereocenters. The highest BCUT2D eigenvalue weighted by Gasteiger charge is 2.44.